The average molecular weight is 458 g/mol. The molecule has 0 aliphatic heterocycles. The lowest BCUT2D eigenvalue weighted by atomic mass is 10.0. The van der Waals surface area contributed by atoms with Crippen molar-refractivity contribution in [2.45, 2.75) is 129 Å². The molecule has 188 valence electrons. The van der Waals surface area contributed by atoms with Crippen LogP contribution in [0, 0.1) is 0 Å². The van der Waals surface area contributed by atoms with Crippen LogP contribution in [0.1, 0.15) is 104 Å². The van der Waals surface area contributed by atoms with Crippen LogP contribution in [-0.2, 0) is 14.3 Å². The zero-order chi connectivity index (χ0) is 24.2. The third kappa shape index (κ3) is 17.2. The maximum absolute atomic E-state index is 12.4. The molecule has 0 aromatic carbocycles. The van der Waals surface area contributed by atoms with E-state index in [2.05, 4.69) is 19.2 Å². The van der Waals surface area contributed by atoms with Crippen molar-refractivity contribution in [1.82, 2.24) is 5.32 Å². The van der Waals surface area contributed by atoms with E-state index in [-0.39, 0.29) is 6.61 Å². The molecule has 0 aliphatic rings. The molecule has 1 amide bonds. The molecule has 7 nitrogen and oxygen atoms in total. The van der Waals surface area contributed by atoms with E-state index < -0.39 is 36.2 Å². The van der Waals surface area contributed by atoms with E-state index in [1.165, 1.54) is 51.2 Å². The average Bonchev–Trinajstić information content (AvgIpc) is 2.76. The molecule has 0 bridgehead atoms. The predicted octanol–water partition coefficient (Wildman–Crippen LogP) is 3.78. The van der Waals surface area contributed by atoms with Gasteiger partial charge in [-0.05, 0) is 12.8 Å². The maximum Gasteiger partial charge on any atom is 0.302 e. The van der Waals surface area contributed by atoms with Gasteiger partial charge in [0.05, 0.1) is 18.2 Å². The summed E-state index contributed by atoms with van der Waals surface area (Å²) in [6.45, 7) is 5.30. The van der Waals surface area contributed by atoms with Gasteiger partial charge >= 0.3 is 5.97 Å². The smallest absolute Gasteiger partial charge is 0.302 e. The van der Waals surface area contributed by atoms with E-state index in [9.17, 15) is 24.9 Å². The molecular formula is C25H47NO6. The Morgan fingerprint density at radius 1 is 0.812 bits per heavy atom. The van der Waals surface area contributed by atoms with Gasteiger partial charge in [0.1, 0.15) is 12.7 Å². The molecule has 0 radical (unpaired) electrons. The minimum atomic E-state index is -1.18. The summed E-state index contributed by atoms with van der Waals surface area (Å²) in [6, 6.07) is -0.904. The highest BCUT2D eigenvalue weighted by molar-refractivity contribution is 5.80. The molecule has 0 aromatic rings. The number of nitrogens with one attached hydrogen (secondary N) is 1. The number of hydrogen-bond donors (Lipinski definition) is 4. The van der Waals surface area contributed by atoms with Gasteiger partial charge in [0.15, 0.2) is 0 Å². The molecule has 0 heterocycles. The van der Waals surface area contributed by atoms with Crippen molar-refractivity contribution in [2.75, 3.05) is 6.61 Å². The summed E-state index contributed by atoms with van der Waals surface area (Å²) in [5.41, 5.74) is 0. The highest BCUT2D eigenvalue weighted by atomic mass is 16.5. The fourth-order valence-electron chi connectivity index (χ4n) is 3.39. The summed E-state index contributed by atoms with van der Waals surface area (Å²) in [7, 11) is 0. The lowest BCUT2D eigenvalue weighted by Gasteiger charge is -2.23. The molecule has 0 unspecified atom stereocenters. The summed E-state index contributed by atoms with van der Waals surface area (Å²) in [6.07, 6.45) is 12.8. The second kappa shape index (κ2) is 20.2. The van der Waals surface area contributed by atoms with Crippen LogP contribution in [0.2, 0.25) is 0 Å². The number of esters is 1. The van der Waals surface area contributed by atoms with Gasteiger partial charge in [-0.1, -0.05) is 96.6 Å². The van der Waals surface area contributed by atoms with Crippen LogP contribution in [0.4, 0.5) is 0 Å². The summed E-state index contributed by atoms with van der Waals surface area (Å²) < 4.78 is 4.95. The Morgan fingerprint density at radius 3 is 1.94 bits per heavy atom. The molecule has 4 N–H and O–H groups in total. The molecule has 0 fully saturated rings. The van der Waals surface area contributed by atoms with Crippen LogP contribution in [0.3, 0.4) is 0 Å². The number of amides is 1. The fourth-order valence-corrected chi connectivity index (χ4v) is 3.39. The topological polar surface area (TPSA) is 116 Å². The largest absolute Gasteiger partial charge is 0.464 e. The first-order valence-electron chi connectivity index (χ1n) is 12.5. The summed E-state index contributed by atoms with van der Waals surface area (Å²) in [4.78, 5) is 23.5. The number of unbranched alkanes of at least 4 members (excludes halogenated alkanes) is 9. The van der Waals surface area contributed by atoms with Crippen LogP contribution >= 0.6 is 0 Å². The van der Waals surface area contributed by atoms with E-state index in [0.717, 1.165) is 38.5 Å². The number of carbonyl (C=O) groups excluding carboxylic acids is 2. The molecule has 0 aromatic heterocycles. The standard InChI is InChI=1S/C25H47NO6/c1-4-6-8-9-10-11-12-14-16-24(30)25(31)26-22(19-32-20(3)27)23(29)18-17-21(28)15-13-7-5-2/h17-18,21-24,28-30H,4-16,19H2,1-3H3,(H,26,31)/b18-17+/t21-,22-,23+,24-/m1/s1. The summed E-state index contributed by atoms with van der Waals surface area (Å²) in [5, 5.41) is 33.2. The first kappa shape index (κ1) is 30.6. The van der Waals surface area contributed by atoms with E-state index in [4.69, 9.17) is 4.74 Å². The number of rotatable bonds is 20. The Morgan fingerprint density at radius 2 is 1.34 bits per heavy atom. The number of hydrogen-bond acceptors (Lipinski definition) is 6. The first-order chi connectivity index (χ1) is 15.3. The third-order valence-electron chi connectivity index (χ3n) is 5.47. The summed E-state index contributed by atoms with van der Waals surface area (Å²) >= 11 is 0. The van der Waals surface area contributed by atoms with E-state index in [0.29, 0.717) is 12.8 Å². The number of ether oxygens (including phenoxy) is 1. The molecule has 32 heavy (non-hydrogen) atoms. The quantitative estimate of drug-likeness (QED) is 0.126. The van der Waals surface area contributed by atoms with Crippen molar-refractivity contribution in [3.63, 3.8) is 0 Å². The number of carbonyl (C=O) groups is 2. The highest BCUT2D eigenvalue weighted by Gasteiger charge is 2.24. The minimum absolute atomic E-state index is 0.219. The van der Waals surface area contributed by atoms with Crippen LogP contribution in [-0.4, -0.2) is 58.2 Å². The molecule has 0 spiro atoms. The van der Waals surface area contributed by atoms with Crippen molar-refractivity contribution < 1.29 is 29.6 Å². The number of aliphatic hydroxyl groups excluding tert-OH is 3. The second-order valence-electron chi connectivity index (χ2n) is 8.64. The van der Waals surface area contributed by atoms with Crippen molar-refractivity contribution in [2.24, 2.45) is 0 Å². The molecule has 0 saturated carbocycles. The van der Waals surface area contributed by atoms with Crippen molar-refractivity contribution in [3.05, 3.63) is 12.2 Å². The first-order valence-corrected chi connectivity index (χ1v) is 12.5. The summed E-state index contributed by atoms with van der Waals surface area (Å²) in [5.74, 6) is -1.12. The normalized spacial score (nSPS) is 15.3. The molecule has 0 saturated heterocycles. The maximum atomic E-state index is 12.4. The zero-order valence-electron chi connectivity index (χ0n) is 20.4. The van der Waals surface area contributed by atoms with Crippen LogP contribution < -0.4 is 5.32 Å². The minimum Gasteiger partial charge on any atom is -0.464 e. The lowest BCUT2D eigenvalue weighted by Crippen LogP contribution is -2.49. The SMILES string of the molecule is CCCCCCCCCC[C@@H](O)C(=O)N[C@H](COC(C)=O)[C@@H](O)/C=C/[C@H](O)CCCCC. The highest BCUT2D eigenvalue weighted by Crippen LogP contribution is 2.11. The van der Waals surface area contributed by atoms with Gasteiger partial charge in [-0.2, -0.15) is 0 Å². The van der Waals surface area contributed by atoms with Crippen molar-refractivity contribution in [1.29, 1.82) is 0 Å². The zero-order valence-corrected chi connectivity index (χ0v) is 20.4. The third-order valence-corrected chi connectivity index (χ3v) is 5.47. The van der Waals surface area contributed by atoms with Gasteiger partial charge in [0.2, 0.25) is 5.91 Å². The van der Waals surface area contributed by atoms with Gasteiger partial charge in [0.25, 0.3) is 0 Å². The Labute approximate surface area is 194 Å². The molecule has 4 atom stereocenters. The van der Waals surface area contributed by atoms with Gasteiger partial charge in [0, 0.05) is 6.92 Å². The van der Waals surface area contributed by atoms with E-state index in [1.807, 2.05) is 0 Å². The molecule has 7 heteroatoms. The Bertz CT molecular complexity index is 511. The molecule has 0 rings (SSSR count). The van der Waals surface area contributed by atoms with Crippen LogP contribution in [0.15, 0.2) is 12.2 Å². The van der Waals surface area contributed by atoms with Crippen molar-refractivity contribution in [3.8, 4) is 0 Å². The van der Waals surface area contributed by atoms with Gasteiger partial charge in [-0.15, -0.1) is 0 Å². The van der Waals surface area contributed by atoms with Crippen LogP contribution in [0.5, 0.6) is 0 Å². The molecule has 0 aliphatic carbocycles. The van der Waals surface area contributed by atoms with Gasteiger partial charge < -0.3 is 25.4 Å². The van der Waals surface area contributed by atoms with Gasteiger partial charge in [-0.3, -0.25) is 9.59 Å². The fraction of sp³-hybridized carbons (Fsp3) is 0.840. The Hall–Kier alpha value is -1.44. The molecular weight excluding hydrogens is 410 g/mol. The Kier molecular flexibility index (Phi) is 19.3. The van der Waals surface area contributed by atoms with Gasteiger partial charge in [-0.25, -0.2) is 0 Å². The van der Waals surface area contributed by atoms with E-state index >= 15 is 0 Å². The lowest BCUT2D eigenvalue weighted by molar-refractivity contribution is -0.144. The second-order valence-corrected chi connectivity index (χ2v) is 8.64. The monoisotopic (exact) mass is 457 g/mol. The van der Waals surface area contributed by atoms with E-state index in [1.54, 1.807) is 0 Å². The van der Waals surface area contributed by atoms with Crippen molar-refractivity contribution >= 4 is 11.9 Å². The Balaban J connectivity index is 4.49. The predicted molar refractivity (Wildman–Crippen MR) is 127 cm³/mol. The van der Waals surface area contributed by atoms with Crippen LogP contribution in [0.25, 0.3) is 0 Å². The number of aliphatic hydroxyl groups is 3.